The Morgan fingerprint density at radius 2 is 1.74 bits per heavy atom. The minimum absolute atomic E-state index is 0. The molecule has 0 bridgehead atoms. The molecule has 3 rings (SSSR count). The average Bonchev–Trinajstić information content (AvgIpc) is 2.49. The fourth-order valence-corrected chi connectivity index (χ4v) is 2.67. The van der Waals surface area contributed by atoms with Gasteiger partial charge in [0.15, 0.2) is 0 Å². The lowest BCUT2D eigenvalue weighted by Crippen LogP contribution is -2.46. The summed E-state index contributed by atoms with van der Waals surface area (Å²) >= 11 is 0. The van der Waals surface area contributed by atoms with E-state index < -0.39 is 0 Å². The lowest BCUT2D eigenvalue weighted by atomic mass is 9.89. The van der Waals surface area contributed by atoms with Gasteiger partial charge < -0.3 is 15.4 Å². The van der Waals surface area contributed by atoms with Crippen LogP contribution in [0.4, 0.5) is 10.1 Å². The molecular formula is C13H19Cl2FN2O. The van der Waals surface area contributed by atoms with Crippen LogP contribution in [0.15, 0.2) is 18.2 Å². The molecule has 6 heteroatoms. The summed E-state index contributed by atoms with van der Waals surface area (Å²) in [4.78, 5) is 0. The number of halogens is 3. The Morgan fingerprint density at radius 1 is 1.05 bits per heavy atom. The van der Waals surface area contributed by atoms with Crippen LogP contribution in [0.5, 0.6) is 5.75 Å². The minimum atomic E-state index is -0.239. The van der Waals surface area contributed by atoms with Crippen molar-refractivity contribution in [1.29, 1.82) is 0 Å². The summed E-state index contributed by atoms with van der Waals surface area (Å²) in [5.74, 6) is 0.418. The van der Waals surface area contributed by atoms with Gasteiger partial charge in [-0.15, -0.1) is 24.8 Å². The number of hydrogen-bond acceptors (Lipinski definition) is 3. The van der Waals surface area contributed by atoms with Gasteiger partial charge in [0.05, 0.1) is 5.69 Å². The van der Waals surface area contributed by atoms with Crippen LogP contribution < -0.4 is 15.4 Å². The first-order valence-electron chi connectivity index (χ1n) is 6.21. The van der Waals surface area contributed by atoms with Crippen molar-refractivity contribution in [3.8, 4) is 5.75 Å². The van der Waals surface area contributed by atoms with Gasteiger partial charge >= 0.3 is 0 Å². The van der Waals surface area contributed by atoms with Crippen LogP contribution >= 0.6 is 24.8 Å². The Labute approximate surface area is 125 Å². The number of benzene rings is 1. The van der Waals surface area contributed by atoms with Crippen LogP contribution in [-0.4, -0.2) is 25.2 Å². The molecule has 0 atom stereocenters. The van der Waals surface area contributed by atoms with E-state index in [1.807, 2.05) is 0 Å². The smallest absolute Gasteiger partial charge is 0.146 e. The molecule has 1 saturated heterocycles. The van der Waals surface area contributed by atoms with Gasteiger partial charge in [-0.05, 0) is 38.1 Å². The highest BCUT2D eigenvalue weighted by Crippen LogP contribution is 2.37. The molecule has 0 unspecified atom stereocenters. The maximum Gasteiger partial charge on any atom is 0.146 e. The van der Waals surface area contributed by atoms with Crippen LogP contribution in [0.2, 0.25) is 0 Å². The molecular weight excluding hydrogens is 290 g/mol. The zero-order chi connectivity index (χ0) is 11.7. The number of ether oxygens (including phenoxy) is 1. The molecule has 108 valence electrons. The van der Waals surface area contributed by atoms with Crippen molar-refractivity contribution in [3.63, 3.8) is 0 Å². The molecule has 1 aromatic rings. The van der Waals surface area contributed by atoms with Crippen molar-refractivity contribution in [1.82, 2.24) is 5.32 Å². The molecule has 0 saturated carbocycles. The van der Waals surface area contributed by atoms with E-state index in [1.165, 1.54) is 12.1 Å². The van der Waals surface area contributed by atoms with Crippen LogP contribution in [0.3, 0.4) is 0 Å². The summed E-state index contributed by atoms with van der Waals surface area (Å²) in [6, 6.07) is 4.71. The number of hydrogen-bond donors (Lipinski definition) is 2. The van der Waals surface area contributed by atoms with Crippen LogP contribution in [0, 0.1) is 5.82 Å². The van der Waals surface area contributed by atoms with Crippen molar-refractivity contribution in [2.75, 3.05) is 25.0 Å². The summed E-state index contributed by atoms with van der Waals surface area (Å²) < 4.78 is 19.4. The third-order valence-electron chi connectivity index (χ3n) is 3.68. The van der Waals surface area contributed by atoms with Crippen molar-refractivity contribution in [2.24, 2.45) is 0 Å². The first-order valence-corrected chi connectivity index (χ1v) is 6.21. The third-order valence-corrected chi connectivity index (χ3v) is 3.68. The molecule has 2 N–H and O–H groups in total. The molecule has 0 aromatic heterocycles. The standard InChI is InChI=1S/C13H17FN2O.2ClH/c14-10-1-2-11-12(9-10)17-13(5-8-16-11)3-6-15-7-4-13;;/h1-2,9,15-16H,3-8H2;2*1H. The molecule has 0 amide bonds. The molecule has 3 nitrogen and oxygen atoms in total. The lowest BCUT2D eigenvalue weighted by Gasteiger charge is -2.36. The first kappa shape index (κ1) is 16.3. The monoisotopic (exact) mass is 308 g/mol. The number of rotatable bonds is 0. The predicted molar refractivity (Wildman–Crippen MR) is 79.5 cm³/mol. The molecule has 0 aliphatic carbocycles. The van der Waals surface area contributed by atoms with Gasteiger partial charge in [0, 0.05) is 19.0 Å². The maximum absolute atomic E-state index is 13.3. The molecule has 2 aliphatic rings. The Bertz CT molecular complexity index is 425. The molecule has 1 aromatic carbocycles. The van der Waals surface area contributed by atoms with E-state index in [9.17, 15) is 4.39 Å². The summed E-state index contributed by atoms with van der Waals surface area (Å²) in [5.41, 5.74) is 0.791. The second kappa shape index (κ2) is 6.64. The molecule has 1 spiro atoms. The third kappa shape index (κ3) is 3.44. The van der Waals surface area contributed by atoms with Crippen LogP contribution in [-0.2, 0) is 0 Å². The highest BCUT2D eigenvalue weighted by molar-refractivity contribution is 5.85. The van der Waals surface area contributed by atoms with Crippen LogP contribution in [0.1, 0.15) is 19.3 Å². The Morgan fingerprint density at radius 3 is 2.47 bits per heavy atom. The maximum atomic E-state index is 13.3. The topological polar surface area (TPSA) is 33.3 Å². The molecule has 2 heterocycles. The highest BCUT2D eigenvalue weighted by atomic mass is 35.5. The van der Waals surface area contributed by atoms with Gasteiger partial charge in [-0.2, -0.15) is 0 Å². The Kier molecular flexibility index (Phi) is 5.71. The summed E-state index contributed by atoms with van der Waals surface area (Å²) in [6.45, 7) is 2.84. The van der Waals surface area contributed by atoms with Crippen molar-refractivity contribution < 1.29 is 9.13 Å². The molecule has 2 aliphatic heterocycles. The largest absolute Gasteiger partial charge is 0.485 e. The molecule has 0 radical (unpaired) electrons. The zero-order valence-electron chi connectivity index (χ0n) is 10.6. The summed E-state index contributed by atoms with van der Waals surface area (Å²) in [7, 11) is 0. The fraction of sp³-hybridized carbons (Fsp3) is 0.538. The van der Waals surface area contributed by atoms with E-state index in [0.29, 0.717) is 5.75 Å². The normalized spacial score (nSPS) is 19.8. The van der Waals surface area contributed by atoms with Crippen molar-refractivity contribution in [2.45, 2.75) is 24.9 Å². The highest BCUT2D eigenvalue weighted by Gasteiger charge is 2.36. The SMILES string of the molecule is Cl.Cl.Fc1ccc2c(c1)OC1(CCNCC1)CCN2. The lowest BCUT2D eigenvalue weighted by molar-refractivity contribution is 0.0353. The van der Waals surface area contributed by atoms with E-state index in [4.69, 9.17) is 4.74 Å². The van der Waals surface area contributed by atoms with E-state index in [2.05, 4.69) is 10.6 Å². The van der Waals surface area contributed by atoms with Crippen molar-refractivity contribution >= 4 is 30.5 Å². The number of nitrogens with one attached hydrogen (secondary N) is 2. The van der Waals surface area contributed by atoms with E-state index in [0.717, 1.165) is 44.6 Å². The average molecular weight is 309 g/mol. The second-order valence-corrected chi connectivity index (χ2v) is 4.85. The van der Waals surface area contributed by atoms with Gasteiger partial charge in [-0.1, -0.05) is 0 Å². The zero-order valence-corrected chi connectivity index (χ0v) is 12.2. The predicted octanol–water partition coefficient (Wildman–Crippen LogP) is 2.99. The molecule has 19 heavy (non-hydrogen) atoms. The van der Waals surface area contributed by atoms with Gasteiger partial charge in [-0.25, -0.2) is 4.39 Å². The van der Waals surface area contributed by atoms with Gasteiger partial charge in [0.25, 0.3) is 0 Å². The van der Waals surface area contributed by atoms with E-state index >= 15 is 0 Å². The second-order valence-electron chi connectivity index (χ2n) is 4.85. The van der Waals surface area contributed by atoms with Crippen LogP contribution in [0.25, 0.3) is 0 Å². The van der Waals surface area contributed by atoms with Crippen molar-refractivity contribution in [3.05, 3.63) is 24.0 Å². The first-order chi connectivity index (χ1) is 8.27. The number of anilines is 1. The number of fused-ring (bicyclic) bond motifs is 1. The quantitative estimate of drug-likeness (QED) is 0.773. The minimum Gasteiger partial charge on any atom is -0.485 e. The summed E-state index contributed by atoms with van der Waals surface area (Å²) in [6.07, 6.45) is 2.96. The number of piperidine rings is 1. The van der Waals surface area contributed by atoms with Gasteiger partial charge in [0.1, 0.15) is 17.2 Å². The van der Waals surface area contributed by atoms with E-state index in [1.54, 1.807) is 6.07 Å². The van der Waals surface area contributed by atoms with E-state index in [-0.39, 0.29) is 36.2 Å². The Hall–Kier alpha value is -0.710. The fourth-order valence-electron chi connectivity index (χ4n) is 2.67. The van der Waals surface area contributed by atoms with Gasteiger partial charge in [-0.3, -0.25) is 0 Å². The van der Waals surface area contributed by atoms with Gasteiger partial charge in [0.2, 0.25) is 0 Å². The molecule has 1 fully saturated rings. The summed E-state index contributed by atoms with van der Waals surface area (Å²) in [5, 5.41) is 6.65. The Balaban J connectivity index is 0.000000902.